The third-order valence-electron chi connectivity index (χ3n) is 7.31. The molecule has 5 N–H and O–H groups in total. The average Bonchev–Trinajstić information content (AvgIpc) is 3.34. The quantitative estimate of drug-likeness (QED) is 0.234. The minimum Gasteiger partial charge on any atom is -0.493 e. The Kier molecular flexibility index (Phi) is 11.2. The summed E-state index contributed by atoms with van der Waals surface area (Å²) in [6.45, 7) is 13.7. The number of hydrogen-bond acceptors (Lipinski definition) is 10. The molecule has 44 heavy (non-hydrogen) atoms. The Bertz CT molecular complexity index is 1280. The predicted molar refractivity (Wildman–Crippen MR) is 159 cm³/mol. The minimum absolute atomic E-state index is 0.0667. The van der Waals surface area contributed by atoms with Crippen molar-refractivity contribution in [3.8, 4) is 17.2 Å². The number of ether oxygens (including phenoxy) is 3. The molecule has 4 rings (SSSR count). The maximum absolute atomic E-state index is 10.3. The van der Waals surface area contributed by atoms with Gasteiger partial charge in [0, 0.05) is 54.2 Å². The van der Waals surface area contributed by atoms with Gasteiger partial charge in [0.2, 0.25) is 6.79 Å². The van der Waals surface area contributed by atoms with Crippen molar-refractivity contribution in [3.63, 3.8) is 0 Å². The molecule has 2 aliphatic rings. The summed E-state index contributed by atoms with van der Waals surface area (Å²) in [5.41, 5.74) is -0.258. The minimum atomic E-state index is -2.74. The molecule has 1 fully saturated rings. The van der Waals surface area contributed by atoms with Crippen LogP contribution in [-0.2, 0) is 27.5 Å². The molecule has 0 spiro atoms. The van der Waals surface area contributed by atoms with E-state index < -0.39 is 36.4 Å². The summed E-state index contributed by atoms with van der Waals surface area (Å²) >= 11 is 0. The summed E-state index contributed by atoms with van der Waals surface area (Å²) in [6.07, 6.45) is 3.66. The van der Waals surface area contributed by atoms with Gasteiger partial charge in [-0.15, -0.1) is 0 Å². The number of nitrogens with zero attached hydrogens (tertiary/aromatic N) is 2. The molecule has 2 aliphatic heterocycles. The van der Waals surface area contributed by atoms with Crippen molar-refractivity contribution in [2.75, 3.05) is 13.4 Å². The molecular formula is C31H43N3O10. The fourth-order valence-electron chi connectivity index (χ4n) is 5.88. The van der Waals surface area contributed by atoms with Gasteiger partial charge in [-0.05, 0) is 65.2 Å². The van der Waals surface area contributed by atoms with Gasteiger partial charge in [0.1, 0.15) is 5.75 Å². The van der Waals surface area contributed by atoms with E-state index in [0.29, 0.717) is 12.6 Å². The van der Waals surface area contributed by atoms with Crippen LogP contribution in [0, 0.1) is 0 Å². The van der Waals surface area contributed by atoms with Gasteiger partial charge in [0.05, 0.1) is 19.4 Å². The van der Waals surface area contributed by atoms with Crippen LogP contribution in [0.15, 0.2) is 36.7 Å². The number of pyridine rings is 1. The first kappa shape index (κ1) is 34.5. The van der Waals surface area contributed by atoms with Crippen LogP contribution in [0.5, 0.6) is 17.2 Å². The van der Waals surface area contributed by atoms with Gasteiger partial charge in [0.15, 0.2) is 17.1 Å². The third-order valence-corrected chi connectivity index (χ3v) is 7.31. The molecule has 2 aromatic rings. The van der Waals surface area contributed by atoms with E-state index in [4.69, 9.17) is 34.6 Å². The maximum Gasteiger partial charge on any atom is 0.336 e. The first-order chi connectivity index (χ1) is 20.5. The number of benzene rings is 1. The fraction of sp³-hybridized carbons (Fsp3) is 0.548. The molecule has 242 valence electrons. The lowest BCUT2D eigenvalue weighted by Crippen LogP contribution is -2.62. The Morgan fingerprint density at radius 3 is 2.11 bits per heavy atom. The molecule has 0 amide bonds. The number of aliphatic carboxylic acids is 3. The van der Waals surface area contributed by atoms with Gasteiger partial charge in [-0.1, -0.05) is 6.07 Å². The van der Waals surface area contributed by atoms with Crippen LogP contribution in [0.4, 0.5) is 0 Å². The monoisotopic (exact) mass is 617 g/mol. The number of carbonyl (C=O) groups is 3. The van der Waals surface area contributed by atoms with E-state index in [1.54, 1.807) is 0 Å². The second-order valence-electron chi connectivity index (χ2n) is 12.4. The van der Waals surface area contributed by atoms with Crippen LogP contribution < -0.4 is 19.5 Å². The Morgan fingerprint density at radius 2 is 1.61 bits per heavy atom. The highest BCUT2D eigenvalue weighted by Crippen LogP contribution is 2.40. The van der Waals surface area contributed by atoms with Crippen LogP contribution in [0.25, 0.3) is 0 Å². The highest BCUT2D eigenvalue weighted by molar-refractivity contribution is 5.88. The van der Waals surface area contributed by atoms with E-state index in [1.807, 2.05) is 31.5 Å². The van der Waals surface area contributed by atoms with E-state index in [2.05, 4.69) is 55.0 Å². The molecule has 0 atom stereocenters. The number of hydrogen-bond donors (Lipinski definition) is 5. The van der Waals surface area contributed by atoms with E-state index in [9.17, 15) is 14.4 Å². The fourth-order valence-corrected chi connectivity index (χ4v) is 5.88. The number of carboxylic acid groups (broad SMARTS) is 3. The van der Waals surface area contributed by atoms with Crippen molar-refractivity contribution in [1.82, 2.24) is 15.2 Å². The largest absolute Gasteiger partial charge is 0.493 e. The lowest BCUT2D eigenvalue weighted by molar-refractivity contribution is -0.170. The van der Waals surface area contributed by atoms with Gasteiger partial charge in [-0.2, -0.15) is 0 Å². The summed E-state index contributed by atoms with van der Waals surface area (Å²) in [4.78, 5) is 37.4. The molecule has 0 saturated carbocycles. The zero-order chi connectivity index (χ0) is 32.7. The van der Waals surface area contributed by atoms with E-state index in [0.717, 1.165) is 48.7 Å². The summed E-state index contributed by atoms with van der Waals surface area (Å²) in [5, 5.41) is 37.6. The molecule has 1 aromatic heterocycles. The molecule has 13 nitrogen and oxygen atoms in total. The average molecular weight is 618 g/mol. The number of aromatic nitrogens is 1. The molecule has 3 heterocycles. The summed E-state index contributed by atoms with van der Waals surface area (Å²) < 4.78 is 17.2. The summed E-state index contributed by atoms with van der Waals surface area (Å²) in [5.74, 6) is -2.59. The van der Waals surface area contributed by atoms with E-state index >= 15 is 0 Å². The van der Waals surface area contributed by atoms with E-state index in [1.165, 1.54) is 5.56 Å². The Morgan fingerprint density at radius 1 is 1.02 bits per heavy atom. The van der Waals surface area contributed by atoms with E-state index in [-0.39, 0.29) is 17.9 Å². The molecule has 0 unspecified atom stereocenters. The number of aliphatic hydroxyl groups is 1. The molecule has 1 aromatic carbocycles. The van der Waals surface area contributed by atoms with Gasteiger partial charge in [0.25, 0.3) is 0 Å². The smallest absolute Gasteiger partial charge is 0.336 e. The molecule has 13 heteroatoms. The highest BCUT2D eigenvalue weighted by Gasteiger charge is 2.41. The highest BCUT2D eigenvalue weighted by atomic mass is 16.7. The standard InChI is InChI=1S/C25H35N3O3.C6H8O7/c1-6-29-21-11-23-22(30-17-31-23)10-19(21)16-28(15-18-8-7-9-26-14-18)20-12-24(2,3)27-25(4,5)13-20;7-3(8)1-6(13,5(11)12)2-4(9)10/h7-11,14,20,27H,6,12-13,15-17H2,1-5H3;13H,1-2H2,(H,7,8)(H,9,10)(H,11,12). The second-order valence-corrected chi connectivity index (χ2v) is 12.4. The van der Waals surface area contributed by atoms with Crippen molar-refractivity contribution in [2.45, 2.75) is 96.1 Å². The molecule has 0 bridgehead atoms. The maximum atomic E-state index is 10.3. The van der Waals surface area contributed by atoms with Crippen LogP contribution in [-0.4, -0.2) is 84.3 Å². The third kappa shape index (κ3) is 9.79. The van der Waals surface area contributed by atoms with Gasteiger partial charge >= 0.3 is 17.9 Å². The number of nitrogens with one attached hydrogen (secondary N) is 1. The molecule has 0 aliphatic carbocycles. The number of piperidine rings is 1. The summed E-state index contributed by atoms with van der Waals surface area (Å²) in [7, 11) is 0. The van der Waals surface area contributed by atoms with Crippen molar-refractivity contribution in [1.29, 1.82) is 0 Å². The zero-order valence-electron chi connectivity index (χ0n) is 25.8. The normalized spacial score (nSPS) is 17.0. The Balaban J connectivity index is 0.000000345. The van der Waals surface area contributed by atoms with Crippen molar-refractivity contribution >= 4 is 17.9 Å². The SMILES string of the molecule is CCOc1cc2c(cc1CN(Cc1cccnc1)C1CC(C)(C)NC(C)(C)C1)OCO2.O=C(O)CC(O)(CC(=O)O)C(=O)O. The van der Waals surface area contributed by atoms with Gasteiger partial charge < -0.3 is 40.0 Å². The lowest BCUT2D eigenvalue weighted by atomic mass is 9.78. The number of fused-ring (bicyclic) bond motifs is 1. The first-order valence-corrected chi connectivity index (χ1v) is 14.4. The lowest BCUT2D eigenvalue weighted by Gasteiger charge is -2.49. The second kappa shape index (κ2) is 14.2. The van der Waals surface area contributed by atoms with Gasteiger partial charge in [-0.3, -0.25) is 19.5 Å². The predicted octanol–water partition coefficient (Wildman–Crippen LogP) is 3.27. The van der Waals surface area contributed by atoms with Crippen LogP contribution >= 0.6 is 0 Å². The number of carboxylic acids is 3. The first-order valence-electron chi connectivity index (χ1n) is 14.4. The summed E-state index contributed by atoms with van der Waals surface area (Å²) in [6, 6.07) is 8.64. The Labute approximate surface area is 256 Å². The zero-order valence-corrected chi connectivity index (χ0v) is 25.8. The van der Waals surface area contributed by atoms with Gasteiger partial charge in [-0.25, -0.2) is 4.79 Å². The van der Waals surface area contributed by atoms with Crippen molar-refractivity contribution in [3.05, 3.63) is 47.8 Å². The molecule has 0 radical (unpaired) electrons. The molecule has 1 saturated heterocycles. The van der Waals surface area contributed by atoms with Crippen molar-refractivity contribution in [2.24, 2.45) is 0 Å². The van der Waals surface area contributed by atoms with Crippen LogP contribution in [0.3, 0.4) is 0 Å². The van der Waals surface area contributed by atoms with Crippen LogP contribution in [0.2, 0.25) is 0 Å². The topological polar surface area (TPSA) is 188 Å². The van der Waals surface area contributed by atoms with Crippen molar-refractivity contribution < 1.29 is 49.0 Å². The number of rotatable bonds is 12. The Hall–Kier alpha value is -3.94. The van der Waals surface area contributed by atoms with Crippen LogP contribution in [0.1, 0.15) is 71.4 Å². The molecular weight excluding hydrogens is 574 g/mol.